The van der Waals surface area contributed by atoms with Gasteiger partial charge in [-0.15, -0.1) is 11.3 Å². The van der Waals surface area contributed by atoms with Crippen molar-refractivity contribution in [1.82, 2.24) is 10.3 Å². The lowest BCUT2D eigenvalue weighted by Gasteiger charge is -2.14. The lowest BCUT2D eigenvalue weighted by molar-refractivity contribution is 0.0954. The van der Waals surface area contributed by atoms with E-state index < -0.39 is 0 Å². The molecule has 29 heavy (non-hydrogen) atoms. The fourth-order valence-electron chi connectivity index (χ4n) is 2.82. The Kier molecular flexibility index (Phi) is 6.33. The Hall–Kier alpha value is -3.13. The second-order valence-corrected chi connectivity index (χ2v) is 7.16. The number of amides is 1. The zero-order valence-electron chi connectivity index (χ0n) is 16.5. The van der Waals surface area contributed by atoms with Gasteiger partial charge in [-0.2, -0.15) is 0 Å². The molecule has 1 heterocycles. The summed E-state index contributed by atoms with van der Waals surface area (Å²) < 4.78 is 29.1. The number of ether oxygens (including phenoxy) is 3. The number of hydrogen-bond donors (Lipinski definition) is 1. The summed E-state index contributed by atoms with van der Waals surface area (Å²) in [5.41, 5.74) is 2.19. The van der Waals surface area contributed by atoms with Crippen LogP contribution in [0.15, 0.2) is 36.4 Å². The van der Waals surface area contributed by atoms with Gasteiger partial charge < -0.3 is 19.5 Å². The second kappa shape index (κ2) is 8.91. The van der Waals surface area contributed by atoms with Crippen molar-refractivity contribution in [3.8, 4) is 27.8 Å². The average Bonchev–Trinajstić information content (AvgIpc) is 3.13. The number of methoxy groups -OCH3 is 3. The Balaban J connectivity index is 1.77. The Bertz CT molecular complexity index is 993. The topological polar surface area (TPSA) is 69.7 Å². The molecule has 3 aromatic rings. The third kappa shape index (κ3) is 4.48. The number of aryl methyl sites for hydroxylation is 1. The second-order valence-electron chi connectivity index (χ2n) is 6.16. The van der Waals surface area contributed by atoms with Crippen LogP contribution in [0.25, 0.3) is 10.6 Å². The number of nitrogens with zero attached hydrogens (tertiary/aromatic N) is 1. The van der Waals surface area contributed by atoms with E-state index in [1.807, 2.05) is 0 Å². The van der Waals surface area contributed by atoms with Gasteiger partial charge in [0.25, 0.3) is 5.91 Å². The standard InChI is InChI=1S/C21H21FN2O4S/c1-12-19(29-21(24-12)14-5-7-15(22)8-6-14)20(25)23-11-13-9-16(26-2)18(28-4)17(10-13)27-3/h5-10H,11H2,1-4H3,(H,23,25). The molecular formula is C21H21FN2O4S. The SMILES string of the molecule is COc1cc(CNC(=O)c2sc(-c3ccc(F)cc3)nc2C)cc(OC)c1OC. The highest BCUT2D eigenvalue weighted by molar-refractivity contribution is 7.17. The van der Waals surface area contributed by atoms with Gasteiger partial charge in [-0.05, 0) is 48.9 Å². The van der Waals surface area contributed by atoms with Gasteiger partial charge in [-0.25, -0.2) is 9.37 Å². The van der Waals surface area contributed by atoms with Gasteiger partial charge in [-0.1, -0.05) is 0 Å². The van der Waals surface area contributed by atoms with E-state index in [-0.39, 0.29) is 18.3 Å². The van der Waals surface area contributed by atoms with Gasteiger partial charge in [0.05, 0.1) is 27.0 Å². The predicted molar refractivity (Wildman–Crippen MR) is 110 cm³/mol. The van der Waals surface area contributed by atoms with Crippen LogP contribution >= 0.6 is 11.3 Å². The van der Waals surface area contributed by atoms with E-state index >= 15 is 0 Å². The largest absolute Gasteiger partial charge is 0.493 e. The molecule has 0 radical (unpaired) electrons. The van der Waals surface area contributed by atoms with Gasteiger partial charge in [0, 0.05) is 12.1 Å². The summed E-state index contributed by atoms with van der Waals surface area (Å²) in [6.07, 6.45) is 0. The number of benzene rings is 2. The van der Waals surface area contributed by atoms with E-state index in [9.17, 15) is 9.18 Å². The molecule has 1 aromatic heterocycles. The van der Waals surface area contributed by atoms with Crippen molar-refractivity contribution >= 4 is 17.2 Å². The van der Waals surface area contributed by atoms with Crippen molar-refractivity contribution < 1.29 is 23.4 Å². The molecule has 0 saturated heterocycles. The Morgan fingerprint density at radius 3 is 2.24 bits per heavy atom. The maximum absolute atomic E-state index is 13.1. The number of carbonyl (C=O) groups is 1. The molecule has 6 nitrogen and oxygen atoms in total. The molecule has 3 rings (SSSR count). The molecule has 0 aliphatic carbocycles. The molecule has 0 unspecified atom stereocenters. The molecule has 0 aliphatic heterocycles. The predicted octanol–water partition coefficient (Wildman–Crippen LogP) is 4.21. The van der Waals surface area contributed by atoms with E-state index in [0.29, 0.717) is 32.8 Å². The number of carbonyl (C=O) groups excluding carboxylic acids is 1. The zero-order valence-corrected chi connectivity index (χ0v) is 17.4. The number of nitrogens with one attached hydrogen (secondary N) is 1. The molecule has 152 valence electrons. The summed E-state index contributed by atoms with van der Waals surface area (Å²) >= 11 is 1.27. The summed E-state index contributed by atoms with van der Waals surface area (Å²) in [5.74, 6) is 0.979. The molecule has 8 heteroatoms. The van der Waals surface area contributed by atoms with Crippen molar-refractivity contribution in [2.45, 2.75) is 13.5 Å². The van der Waals surface area contributed by atoms with E-state index in [2.05, 4.69) is 10.3 Å². The number of thiazole rings is 1. The van der Waals surface area contributed by atoms with Crippen molar-refractivity contribution in [2.24, 2.45) is 0 Å². The minimum absolute atomic E-state index is 0.234. The molecule has 1 amide bonds. The van der Waals surface area contributed by atoms with Crippen LogP contribution in [-0.4, -0.2) is 32.2 Å². The van der Waals surface area contributed by atoms with Gasteiger partial charge in [0.1, 0.15) is 15.7 Å². The maximum atomic E-state index is 13.1. The summed E-state index contributed by atoms with van der Waals surface area (Å²) in [6, 6.07) is 9.60. The first kappa shape index (κ1) is 20.6. The van der Waals surface area contributed by atoms with Crippen molar-refractivity contribution in [1.29, 1.82) is 0 Å². The third-order valence-electron chi connectivity index (χ3n) is 4.27. The fraction of sp³-hybridized carbons (Fsp3) is 0.238. The summed E-state index contributed by atoms with van der Waals surface area (Å²) in [7, 11) is 4.61. The minimum atomic E-state index is -0.314. The van der Waals surface area contributed by atoms with E-state index in [4.69, 9.17) is 14.2 Å². The first-order valence-corrected chi connectivity index (χ1v) is 9.59. The number of halogens is 1. The third-order valence-corrected chi connectivity index (χ3v) is 5.48. The van der Waals surface area contributed by atoms with Crippen LogP contribution in [0, 0.1) is 12.7 Å². The molecule has 0 saturated carbocycles. The molecule has 1 N–H and O–H groups in total. The normalized spacial score (nSPS) is 10.5. The van der Waals surface area contributed by atoms with E-state index in [0.717, 1.165) is 11.1 Å². The van der Waals surface area contributed by atoms with E-state index in [1.54, 1.807) is 31.2 Å². The first-order valence-electron chi connectivity index (χ1n) is 8.77. The molecule has 0 fully saturated rings. The highest BCUT2D eigenvalue weighted by Gasteiger charge is 2.18. The lowest BCUT2D eigenvalue weighted by Crippen LogP contribution is -2.22. The van der Waals surface area contributed by atoms with Gasteiger partial charge in [0.15, 0.2) is 11.5 Å². The van der Waals surface area contributed by atoms with Crippen molar-refractivity contribution in [2.75, 3.05) is 21.3 Å². The van der Waals surface area contributed by atoms with Crippen LogP contribution in [0.4, 0.5) is 4.39 Å². The molecule has 0 bridgehead atoms. The van der Waals surface area contributed by atoms with Crippen LogP contribution in [0.3, 0.4) is 0 Å². The zero-order chi connectivity index (χ0) is 21.0. The van der Waals surface area contributed by atoms with Crippen LogP contribution < -0.4 is 19.5 Å². The molecule has 0 aliphatic rings. The summed E-state index contributed by atoms with van der Waals surface area (Å²) in [4.78, 5) is 17.6. The van der Waals surface area contributed by atoms with Crippen molar-refractivity contribution in [3.63, 3.8) is 0 Å². The Labute approximate surface area is 172 Å². The monoisotopic (exact) mass is 416 g/mol. The summed E-state index contributed by atoms with van der Waals surface area (Å²) in [5, 5.41) is 3.56. The molecule has 0 atom stereocenters. The first-order chi connectivity index (χ1) is 14.0. The highest BCUT2D eigenvalue weighted by Crippen LogP contribution is 2.38. The van der Waals surface area contributed by atoms with E-state index in [1.165, 1.54) is 44.8 Å². The number of hydrogen-bond acceptors (Lipinski definition) is 6. The molecule has 2 aromatic carbocycles. The van der Waals surface area contributed by atoms with Crippen LogP contribution in [0.1, 0.15) is 20.9 Å². The smallest absolute Gasteiger partial charge is 0.263 e. The average molecular weight is 416 g/mol. The van der Waals surface area contributed by atoms with Crippen LogP contribution in [0.2, 0.25) is 0 Å². The van der Waals surface area contributed by atoms with Crippen LogP contribution in [0.5, 0.6) is 17.2 Å². The van der Waals surface area contributed by atoms with Gasteiger partial charge in [-0.3, -0.25) is 4.79 Å². The lowest BCUT2D eigenvalue weighted by atomic mass is 10.1. The molecular weight excluding hydrogens is 395 g/mol. The Morgan fingerprint density at radius 2 is 1.69 bits per heavy atom. The fourth-order valence-corrected chi connectivity index (χ4v) is 3.81. The highest BCUT2D eigenvalue weighted by atomic mass is 32.1. The molecule has 0 spiro atoms. The van der Waals surface area contributed by atoms with Crippen molar-refractivity contribution in [3.05, 3.63) is 58.3 Å². The quantitative estimate of drug-likeness (QED) is 0.625. The number of rotatable bonds is 7. The number of aromatic nitrogens is 1. The minimum Gasteiger partial charge on any atom is -0.493 e. The Morgan fingerprint density at radius 1 is 1.07 bits per heavy atom. The summed E-state index contributed by atoms with van der Waals surface area (Å²) in [6.45, 7) is 2.05. The van der Waals surface area contributed by atoms with Gasteiger partial charge in [0.2, 0.25) is 5.75 Å². The maximum Gasteiger partial charge on any atom is 0.263 e. The van der Waals surface area contributed by atoms with Crippen LogP contribution in [-0.2, 0) is 6.54 Å². The van der Waals surface area contributed by atoms with Gasteiger partial charge >= 0.3 is 0 Å².